The summed E-state index contributed by atoms with van der Waals surface area (Å²) < 4.78 is 8.45. The monoisotopic (exact) mass is 638 g/mol. The number of allylic oxidation sites excluding steroid dienone is 7. The van der Waals surface area contributed by atoms with Crippen molar-refractivity contribution in [3.8, 4) is 5.75 Å². The maximum atomic E-state index is 6.13. The zero-order valence-corrected chi connectivity index (χ0v) is 29.0. The van der Waals surface area contributed by atoms with Gasteiger partial charge in [-0.2, -0.15) is 0 Å². The van der Waals surface area contributed by atoms with Gasteiger partial charge in [-0.3, -0.25) is 4.57 Å². The number of nitrogens with zero attached hydrogens (tertiary/aromatic N) is 1. The number of aryl methyl sites for hydroxylation is 1. The fourth-order valence-electron chi connectivity index (χ4n) is 5.74. The van der Waals surface area contributed by atoms with E-state index in [-0.39, 0.29) is 6.04 Å². The summed E-state index contributed by atoms with van der Waals surface area (Å²) >= 11 is 0. The molecule has 5 heteroatoms. The Morgan fingerprint density at radius 1 is 0.917 bits per heavy atom. The molecule has 1 aliphatic carbocycles. The smallest absolute Gasteiger partial charge is 0.158 e. The van der Waals surface area contributed by atoms with E-state index in [0.717, 1.165) is 58.7 Å². The predicted molar refractivity (Wildman–Crippen MR) is 208 cm³/mol. The number of dihydropyridines is 1. The lowest BCUT2D eigenvalue weighted by atomic mass is 9.98. The third kappa shape index (κ3) is 8.17. The fourth-order valence-corrected chi connectivity index (χ4v) is 5.74. The second-order valence-electron chi connectivity index (χ2n) is 11.2. The van der Waals surface area contributed by atoms with E-state index in [4.69, 9.17) is 16.2 Å². The number of hydrogen-bond donors (Lipinski definition) is 3. The largest absolute Gasteiger partial charge is 0.462 e. The second-order valence-corrected chi connectivity index (χ2v) is 11.2. The minimum Gasteiger partial charge on any atom is -0.462 e. The van der Waals surface area contributed by atoms with E-state index in [2.05, 4.69) is 59.8 Å². The van der Waals surface area contributed by atoms with Gasteiger partial charge in [0.05, 0.1) is 23.5 Å². The van der Waals surface area contributed by atoms with Crippen LogP contribution in [0.15, 0.2) is 134 Å². The van der Waals surface area contributed by atoms with Gasteiger partial charge in [0.25, 0.3) is 0 Å². The number of fused-ring (bicyclic) bond motifs is 5. The third-order valence-corrected chi connectivity index (χ3v) is 8.05. The Labute approximate surface area is 287 Å². The molecule has 0 bridgehead atoms. The Bertz CT molecular complexity index is 1870. The zero-order valence-electron chi connectivity index (χ0n) is 29.0. The average molecular weight is 639 g/mol. The molecule has 3 aromatic carbocycles. The van der Waals surface area contributed by atoms with E-state index < -0.39 is 0 Å². The van der Waals surface area contributed by atoms with Crippen LogP contribution in [0.25, 0.3) is 34.1 Å². The first-order chi connectivity index (χ1) is 23.5. The van der Waals surface area contributed by atoms with Crippen molar-refractivity contribution in [2.24, 2.45) is 11.5 Å². The van der Waals surface area contributed by atoms with Crippen molar-refractivity contribution in [1.82, 2.24) is 9.88 Å². The van der Waals surface area contributed by atoms with E-state index in [1.165, 1.54) is 22.2 Å². The van der Waals surface area contributed by atoms with Crippen LogP contribution in [0, 0.1) is 0 Å². The van der Waals surface area contributed by atoms with Gasteiger partial charge in [-0.1, -0.05) is 131 Å². The Kier molecular flexibility index (Phi) is 13.1. The summed E-state index contributed by atoms with van der Waals surface area (Å²) in [6.07, 6.45) is 20.5. The Morgan fingerprint density at radius 2 is 1.62 bits per heavy atom. The second kappa shape index (κ2) is 17.6. The lowest BCUT2D eigenvalue weighted by Gasteiger charge is -2.21. The van der Waals surface area contributed by atoms with Crippen LogP contribution < -0.4 is 21.5 Å². The first-order valence-corrected chi connectivity index (χ1v) is 17.0. The van der Waals surface area contributed by atoms with Gasteiger partial charge in [0.15, 0.2) is 5.75 Å². The topological polar surface area (TPSA) is 78.2 Å². The highest BCUT2D eigenvalue weighted by Gasteiger charge is 2.25. The first-order valence-electron chi connectivity index (χ1n) is 17.0. The van der Waals surface area contributed by atoms with Crippen LogP contribution in [0.2, 0.25) is 0 Å². The molecule has 48 heavy (non-hydrogen) atoms. The molecule has 4 aromatic rings. The van der Waals surface area contributed by atoms with Crippen molar-refractivity contribution in [2.45, 2.75) is 53.5 Å². The highest BCUT2D eigenvalue weighted by atomic mass is 16.5. The zero-order chi connectivity index (χ0) is 34.5. The maximum absolute atomic E-state index is 6.13. The molecule has 3 heterocycles. The number of aromatic nitrogens is 1. The average Bonchev–Trinajstić information content (AvgIpc) is 3.48. The molecule has 7 rings (SSSR count). The molecule has 0 fully saturated rings. The molecule has 1 unspecified atom stereocenters. The molecule has 248 valence electrons. The summed E-state index contributed by atoms with van der Waals surface area (Å²) in [4.78, 5) is 0. The molecule has 0 saturated carbocycles. The van der Waals surface area contributed by atoms with Gasteiger partial charge in [0, 0.05) is 23.2 Å². The number of rotatable bonds is 4. The molecular formula is C43H50N4O. The summed E-state index contributed by atoms with van der Waals surface area (Å²) in [6.45, 7) is 15.2. The van der Waals surface area contributed by atoms with Gasteiger partial charge >= 0.3 is 0 Å². The van der Waals surface area contributed by atoms with Gasteiger partial charge in [0.2, 0.25) is 0 Å². The standard InChI is InChI=1S/C24H22N2O.C15H16N2.2C2H6/c1-16-10-13-22(25-15-16)26-21-9-4-3-8-19(21)20-12-11-18-17(2)7-5-6-14-27-24(18)23(20)26;16-14(12-7-3-1-4-8-12)11-15(17)13-9-5-2-6-10-13;2*1-2/h4-7,9-14,25H,2-3,8,15H2,1H3;1-11,14H,16-17H2;2*1-2H3/b7-5-,14-6-;15-11-;;. The lowest BCUT2D eigenvalue weighted by molar-refractivity contribution is 0.483. The highest BCUT2D eigenvalue weighted by Crippen LogP contribution is 2.42. The van der Waals surface area contributed by atoms with Crippen molar-refractivity contribution in [1.29, 1.82) is 0 Å². The lowest BCUT2D eigenvalue weighted by Crippen LogP contribution is -2.22. The van der Waals surface area contributed by atoms with Gasteiger partial charge < -0.3 is 21.5 Å². The van der Waals surface area contributed by atoms with Gasteiger partial charge in [-0.25, -0.2) is 0 Å². The van der Waals surface area contributed by atoms with Gasteiger partial charge in [-0.05, 0) is 72.4 Å². The van der Waals surface area contributed by atoms with Gasteiger partial charge in [-0.15, -0.1) is 0 Å². The molecule has 0 amide bonds. The summed E-state index contributed by atoms with van der Waals surface area (Å²) in [5.41, 5.74) is 21.9. The molecule has 1 aromatic heterocycles. The fraction of sp³-hybridized carbons (Fsp3) is 0.209. The number of nitrogens with two attached hydrogens (primary N) is 2. The SMILES string of the molecule is C=C1/C=C\C=C/Oc2c1ccc1c3c(n(C4=CC=C(C)CN4)c21)C=CCC3.CC.CC.N/C(=C\C(N)c1ccccc1)c1ccccc1. The van der Waals surface area contributed by atoms with E-state index in [0.29, 0.717) is 5.70 Å². The van der Waals surface area contributed by atoms with Crippen LogP contribution in [-0.2, 0) is 6.42 Å². The van der Waals surface area contributed by atoms with E-state index in [9.17, 15) is 0 Å². The highest BCUT2D eigenvalue weighted by molar-refractivity contribution is 5.99. The van der Waals surface area contributed by atoms with E-state index >= 15 is 0 Å². The van der Waals surface area contributed by atoms with Crippen molar-refractivity contribution in [3.63, 3.8) is 0 Å². The normalized spacial score (nSPS) is 16.5. The van der Waals surface area contributed by atoms with Crippen molar-refractivity contribution < 1.29 is 4.74 Å². The summed E-state index contributed by atoms with van der Waals surface area (Å²) in [5.74, 6) is 1.96. The molecule has 0 saturated heterocycles. The molecule has 5 N–H and O–H groups in total. The van der Waals surface area contributed by atoms with Crippen molar-refractivity contribution in [3.05, 3.63) is 162 Å². The van der Waals surface area contributed by atoms with Crippen LogP contribution in [0.5, 0.6) is 5.75 Å². The molecule has 2 aliphatic heterocycles. The van der Waals surface area contributed by atoms with Crippen LogP contribution in [-0.4, -0.2) is 11.1 Å². The number of hydrogen-bond acceptors (Lipinski definition) is 4. The Morgan fingerprint density at radius 3 is 2.31 bits per heavy atom. The van der Waals surface area contributed by atoms with Crippen LogP contribution in [0.4, 0.5) is 0 Å². The molecule has 5 nitrogen and oxygen atoms in total. The summed E-state index contributed by atoms with van der Waals surface area (Å²) in [6, 6.07) is 24.0. The van der Waals surface area contributed by atoms with Crippen LogP contribution >= 0.6 is 0 Å². The van der Waals surface area contributed by atoms with Crippen LogP contribution in [0.3, 0.4) is 0 Å². The quantitative estimate of drug-likeness (QED) is 0.208. The Hall–Kier alpha value is -5.26. The summed E-state index contributed by atoms with van der Waals surface area (Å²) in [5, 5.41) is 4.83. The molecule has 3 aliphatic rings. The summed E-state index contributed by atoms with van der Waals surface area (Å²) in [7, 11) is 0. The number of benzene rings is 3. The van der Waals surface area contributed by atoms with Crippen molar-refractivity contribution in [2.75, 3.05) is 6.54 Å². The molecule has 0 spiro atoms. The minimum atomic E-state index is -0.170. The minimum absolute atomic E-state index is 0.170. The first kappa shape index (κ1) is 35.6. The third-order valence-electron chi connectivity index (χ3n) is 8.05. The van der Waals surface area contributed by atoms with E-state index in [1.54, 1.807) is 6.26 Å². The molecule has 0 radical (unpaired) electrons. The molecular weight excluding hydrogens is 589 g/mol. The predicted octanol–water partition coefficient (Wildman–Crippen LogP) is 10.2. The molecule has 1 atom stereocenters. The Balaban J connectivity index is 0.000000214. The number of nitrogens with one attached hydrogen (secondary N) is 1. The number of ether oxygens (including phenoxy) is 1. The van der Waals surface area contributed by atoms with Crippen LogP contribution in [0.1, 0.15) is 75.0 Å². The van der Waals surface area contributed by atoms with Gasteiger partial charge in [0.1, 0.15) is 5.82 Å². The maximum Gasteiger partial charge on any atom is 0.158 e. The van der Waals surface area contributed by atoms with E-state index in [1.807, 2.05) is 113 Å². The van der Waals surface area contributed by atoms with Crippen molar-refractivity contribution >= 4 is 34.1 Å².